The molecule has 0 heterocycles. The molecular formula is C20H31FO. The van der Waals surface area contributed by atoms with Gasteiger partial charge in [-0.05, 0) is 53.7 Å². The molecule has 2 heteroatoms. The Hall–Kier alpha value is -1.15. The highest BCUT2D eigenvalue weighted by molar-refractivity contribution is 5.41. The Morgan fingerprint density at radius 2 is 1.50 bits per heavy atom. The van der Waals surface area contributed by atoms with Gasteiger partial charge in [-0.15, -0.1) is 6.58 Å². The molecule has 0 saturated carbocycles. The third-order valence-corrected chi connectivity index (χ3v) is 4.00. The second-order valence-electron chi connectivity index (χ2n) is 7.24. The van der Waals surface area contributed by atoms with Gasteiger partial charge < -0.3 is 5.11 Å². The Bertz CT molecular complexity index is 503. The van der Waals surface area contributed by atoms with Gasteiger partial charge in [0.05, 0.1) is 6.61 Å². The zero-order valence-electron chi connectivity index (χ0n) is 14.7. The molecule has 0 aliphatic carbocycles. The van der Waals surface area contributed by atoms with Crippen LogP contribution in [0, 0.1) is 23.6 Å². The summed E-state index contributed by atoms with van der Waals surface area (Å²) in [6.07, 6.45) is 4.17. The van der Waals surface area contributed by atoms with Crippen molar-refractivity contribution >= 4 is 0 Å². The van der Waals surface area contributed by atoms with Gasteiger partial charge in [0.2, 0.25) is 0 Å². The van der Waals surface area contributed by atoms with Crippen molar-refractivity contribution in [1.82, 2.24) is 0 Å². The predicted octanol–water partition coefficient (Wildman–Crippen LogP) is 5.08. The van der Waals surface area contributed by atoms with Gasteiger partial charge in [-0.1, -0.05) is 46.8 Å². The highest BCUT2D eigenvalue weighted by Gasteiger charge is 2.19. The molecule has 0 amide bonds. The van der Waals surface area contributed by atoms with E-state index in [-0.39, 0.29) is 18.3 Å². The van der Waals surface area contributed by atoms with Crippen LogP contribution in [0.2, 0.25) is 0 Å². The molecule has 0 spiro atoms. The summed E-state index contributed by atoms with van der Waals surface area (Å²) in [4.78, 5) is 0. The van der Waals surface area contributed by atoms with Crippen LogP contribution in [-0.2, 0) is 25.9 Å². The van der Waals surface area contributed by atoms with Crippen molar-refractivity contribution in [2.24, 2.45) is 17.8 Å². The van der Waals surface area contributed by atoms with E-state index in [1.165, 1.54) is 0 Å². The zero-order chi connectivity index (χ0) is 16.9. The first kappa shape index (κ1) is 18.9. The number of aliphatic hydroxyl groups excluding tert-OH is 1. The van der Waals surface area contributed by atoms with Gasteiger partial charge >= 0.3 is 0 Å². The molecule has 1 unspecified atom stereocenters. The molecular weight excluding hydrogens is 275 g/mol. The first-order valence-corrected chi connectivity index (χ1v) is 8.35. The SMILES string of the molecule is C=CC(C)Cc1c(CC(C)C)cc(CC(C)C)c(CO)c1F. The second-order valence-corrected chi connectivity index (χ2v) is 7.24. The van der Waals surface area contributed by atoms with E-state index in [9.17, 15) is 9.50 Å². The minimum atomic E-state index is -0.231. The maximum Gasteiger partial charge on any atom is 0.132 e. The van der Waals surface area contributed by atoms with E-state index in [2.05, 4.69) is 40.3 Å². The van der Waals surface area contributed by atoms with Crippen molar-refractivity contribution in [3.8, 4) is 0 Å². The summed E-state index contributed by atoms with van der Waals surface area (Å²) in [6.45, 7) is 14.2. The Morgan fingerprint density at radius 3 is 1.91 bits per heavy atom. The Labute approximate surface area is 135 Å². The number of halogens is 1. The molecule has 1 N–H and O–H groups in total. The van der Waals surface area contributed by atoms with Crippen molar-refractivity contribution < 1.29 is 9.50 Å². The minimum Gasteiger partial charge on any atom is -0.392 e. The van der Waals surface area contributed by atoms with Crippen molar-refractivity contribution in [1.29, 1.82) is 0 Å². The number of aliphatic hydroxyl groups is 1. The molecule has 0 aromatic heterocycles. The first-order chi connectivity index (χ1) is 10.3. The van der Waals surface area contributed by atoms with E-state index >= 15 is 0 Å². The van der Waals surface area contributed by atoms with Gasteiger partial charge in [-0.3, -0.25) is 0 Å². The Balaban J connectivity index is 3.41. The first-order valence-electron chi connectivity index (χ1n) is 8.35. The van der Waals surface area contributed by atoms with E-state index < -0.39 is 0 Å². The molecule has 0 fully saturated rings. The lowest BCUT2D eigenvalue weighted by molar-refractivity contribution is 0.273. The molecule has 124 valence electrons. The van der Waals surface area contributed by atoms with Crippen molar-refractivity contribution in [2.75, 3.05) is 0 Å². The summed E-state index contributed by atoms with van der Waals surface area (Å²) in [5.74, 6) is 0.937. The summed E-state index contributed by atoms with van der Waals surface area (Å²) in [7, 11) is 0. The maximum absolute atomic E-state index is 15.0. The molecule has 0 saturated heterocycles. The Morgan fingerprint density at radius 1 is 1.00 bits per heavy atom. The molecule has 0 aliphatic heterocycles. The van der Waals surface area contributed by atoms with Gasteiger partial charge in [-0.2, -0.15) is 0 Å². The normalized spacial score (nSPS) is 13.0. The predicted molar refractivity (Wildman–Crippen MR) is 92.5 cm³/mol. The van der Waals surface area contributed by atoms with Crippen LogP contribution in [0.1, 0.15) is 56.9 Å². The molecule has 0 radical (unpaired) electrons. The summed E-state index contributed by atoms with van der Waals surface area (Å²) in [5.41, 5.74) is 3.29. The third kappa shape index (κ3) is 4.95. The van der Waals surface area contributed by atoms with Gasteiger partial charge in [0.25, 0.3) is 0 Å². The second kappa shape index (κ2) is 8.47. The van der Waals surface area contributed by atoms with Crippen LogP contribution >= 0.6 is 0 Å². The molecule has 1 aromatic rings. The lowest BCUT2D eigenvalue weighted by atomic mass is 9.86. The highest BCUT2D eigenvalue weighted by Crippen LogP contribution is 2.28. The monoisotopic (exact) mass is 306 g/mol. The third-order valence-electron chi connectivity index (χ3n) is 4.00. The molecule has 1 rings (SSSR count). The fraction of sp³-hybridized carbons (Fsp3) is 0.600. The summed E-state index contributed by atoms with van der Waals surface area (Å²) in [6, 6.07) is 2.12. The minimum absolute atomic E-state index is 0.204. The van der Waals surface area contributed by atoms with E-state index in [0.29, 0.717) is 23.8 Å². The van der Waals surface area contributed by atoms with Crippen molar-refractivity contribution in [2.45, 2.75) is 60.5 Å². The zero-order valence-corrected chi connectivity index (χ0v) is 14.7. The fourth-order valence-electron chi connectivity index (χ4n) is 2.89. The van der Waals surface area contributed by atoms with Gasteiger partial charge in [-0.25, -0.2) is 4.39 Å². The standard InChI is InChI=1S/C20H31FO/c1-7-15(6)10-18-16(8-13(2)3)11-17(9-14(4)5)19(12-22)20(18)21/h7,11,13-15,22H,1,8-10,12H2,2-6H3. The van der Waals surface area contributed by atoms with Crippen LogP contribution in [0.3, 0.4) is 0 Å². The molecule has 0 bridgehead atoms. The number of hydrogen-bond donors (Lipinski definition) is 1. The van der Waals surface area contributed by atoms with Crippen LogP contribution in [0.15, 0.2) is 18.7 Å². The van der Waals surface area contributed by atoms with Crippen LogP contribution in [0.25, 0.3) is 0 Å². The smallest absolute Gasteiger partial charge is 0.132 e. The number of rotatable bonds is 8. The van der Waals surface area contributed by atoms with Crippen LogP contribution in [0.5, 0.6) is 0 Å². The number of hydrogen-bond acceptors (Lipinski definition) is 1. The molecule has 1 atom stereocenters. The molecule has 1 nitrogen and oxygen atoms in total. The fourth-order valence-corrected chi connectivity index (χ4v) is 2.89. The lowest BCUT2D eigenvalue weighted by Gasteiger charge is -2.21. The van der Waals surface area contributed by atoms with Gasteiger partial charge in [0.1, 0.15) is 5.82 Å². The van der Waals surface area contributed by atoms with E-state index in [1.807, 2.05) is 13.0 Å². The van der Waals surface area contributed by atoms with Crippen LogP contribution in [0.4, 0.5) is 4.39 Å². The average molecular weight is 306 g/mol. The van der Waals surface area contributed by atoms with Gasteiger partial charge in [0, 0.05) is 5.56 Å². The van der Waals surface area contributed by atoms with Crippen molar-refractivity contribution in [3.05, 3.63) is 46.8 Å². The Kier molecular flexibility index (Phi) is 7.28. The molecule has 0 aliphatic rings. The topological polar surface area (TPSA) is 20.2 Å². The average Bonchev–Trinajstić information content (AvgIpc) is 2.41. The number of benzene rings is 1. The van der Waals surface area contributed by atoms with E-state index in [1.54, 1.807) is 0 Å². The maximum atomic E-state index is 15.0. The largest absolute Gasteiger partial charge is 0.392 e. The van der Waals surface area contributed by atoms with E-state index in [0.717, 1.165) is 29.5 Å². The van der Waals surface area contributed by atoms with Crippen LogP contribution < -0.4 is 0 Å². The van der Waals surface area contributed by atoms with E-state index in [4.69, 9.17) is 0 Å². The van der Waals surface area contributed by atoms with Crippen LogP contribution in [-0.4, -0.2) is 5.11 Å². The molecule has 1 aromatic carbocycles. The van der Waals surface area contributed by atoms with Crippen molar-refractivity contribution in [3.63, 3.8) is 0 Å². The number of allylic oxidation sites excluding steroid dienone is 1. The highest BCUT2D eigenvalue weighted by atomic mass is 19.1. The summed E-state index contributed by atoms with van der Waals surface area (Å²) in [5, 5.41) is 9.64. The summed E-state index contributed by atoms with van der Waals surface area (Å²) < 4.78 is 15.0. The summed E-state index contributed by atoms with van der Waals surface area (Å²) >= 11 is 0. The quantitative estimate of drug-likeness (QED) is 0.664. The lowest BCUT2D eigenvalue weighted by Crippen LogP contribution is -2.12. The van der Waals surface area contributed by atoms with Gasteiger partial charge in [0.15, 0.2) is 0 Å². The molecule has 22 heavy (non-hydrogen) atoms.